The number of benzene rings is 1. The molecule has 0 saturated carbocycles. The Hall–Kier alpha value is -2.37. The topological polar surface area (TPSA) is 54.5 Å². The van der Waals surface area contributed by atoms with Crippen LogP contribution in [-0.4, -0.2) is 48.6 Å². The molecule has 3 rings (SSSR count). The summed E-state index contributed by atoms with van der Waals surface area (Å²) in [6, 6.07) is 11.7. The largest absolute Gasteiger partial charge is 0.378 e. The Bertz CT molecular complexity index is 744. The lowest BCUT2D eigenvalue weighted by molar-refractivity contribution is 0.0302. The summed E-state index contributed by atoms with van der Waals surface area (Å²) in [5.74, 6) is 0.506. The van der Waals surface area contributed by atoms with Gasteiger partial charge in [0.1, 0.15) is 5.82 Å². The summed E-state index contributed by atoms with van der Waals surface area (Å²) in [5.41, 5.74) is 1.63. The minimum Gasteiger partial charge on any atom is -0.378 e. The van der Waals surface area contributed by atoms with Crippen molar-refractivity contribution in [2.75, 3.05) is 38.2 Å². The quantitative estimate of drug-likeness (QED) is 0.891. The minimum atomic E-state index is -0.0618. The van der Waals surface area contributed by atoms with Gasteiger partial charge in [0.2, 0.25) is 0 Å². The van der Waals surface area contributed by atoms with Gasteiger partial charge in [-0.15, -0.1) is 0 Å². The van der Waals surface area contributed by atoms with Crippen molar-refractivity contribution >= 4 is 29.4 Å². The third-order valence-electron chi connectivity index (χ3n) is 3.88. The molecule has 0 spiro atoms. The molecule has 1 aliphatic heterocycles. The summed E-state index contributed by atoms with van der Waals surface area (Å²) in [7, 11) is 0. The zero-order valence-corrected chi connectivity index (χ0v) is 14.6. The summed E-state index contributed by atoms with van der Waals surface area (Å²) >= 11 is 6.26. The number of morpholine rings is 1. The Balaban J connectivity index is 1.58. The zero-order chi connectivity index (χ0) is 17.5. The highest BCUT2D eigenvalue weighted by atomic mass is 35.5. The average Bonchev–Trinajstić information content (AvgIpc) is 2.67. The summed E-state index contributed by atoms with van der Waals surface area (Å²) in [6.45, 7) is 2.93. The van der Waals surface area contributed by atoms with Crippen molar-refractivity contribution in [2.24, 2.45) is 0 Å². The highest BCUT2D eigenvalue weighted by molar-refractivity contribution is 6.33. The smallest absolute Gasteiger partial charge is 0.255 e. The van der Waals surface area contributed by atoms with Crippen LogP contribution in [0, 0.1) is 0 Å². The maximum Gasteiger partial charge on any atom is 0.255 e. The summed E-state index contributed by atoms with van der Waals surface area (Å²) in [5, 5.41) is 3.59. The van der Waals surface area contributed by atoms with E-state index in [2.05, 4.69) is 10.3 Å². The summed E-state index contributed by atoms with van der Waals surface area (Å²) in [4.78, 5) is 18.5. The lowest BCUT2D eigenvalue weighted by Gasteiger charge is -2.26. The molecule has 0 unspecified atom stereocenters. The van der Waals surface area contributed by atoms with Crippen molar-refractivity contribution in [3.63, 3.8) is 0 Å². The molecule has 0 radical (unpaired) electrons. The second-order valence-electron chi connectivity index (χ2n) is 5.65. The van der Waals surface area contributed by atoms with Crippen LogP contribution < -0.4 is 5.32 Å². The third-order valence-corrected chi connectivity index (χ3v) is 4.17. The second kappa shape index (κ2) is 8.65. The predicted molar refractivity (Wildman–Crippen MR) is 99.9 cm³/mol. The van der Waals surface area contributed by atoms with Gasteiger partial charge >= 0.3 is 0 Å². The van der Waals surface area contributed by atoms with Gasteiger partial charge in [-0.3, -0.25) is 4.79 Å². The van der Waals surface area contributed by atoms with E-state index in [1.54, 1.807) is 17.2 Å². The maximum atomic E-state index is 12.4. The van der Waals surface area contributed by atoms with E-state index in [0.29, 0.717) is 49.3 Å². The normalized spacial score (nSPS) is 14.7. The molecule has 1 amide bonds. The van der Waals surface area contributed by atoms with Gasteiger partial charge in [-0.05, 0) is 11.6 Å². The first-order valence-corrected chi connectivity index (χ1v) is 8.60. The summed E-state index contributed by atoms with van der Waals surface area (Å²) in [6.07, 6.45) is 5.59. The van der Waals surface area contributed by atoms with Crippen LogP contribution in [0.3, 0.4) is 0 Å². The number of ether oxygens (including phenoxy) is 1. The van der Waals surface area contributed by atoms with Crippen molar-refractivity contribution < 1.29 is 9.53 Å². The first kappa shape index (κ1) is 17.5. The van der Waals surface area contributed by atoms with E-state index in [-0.39, 0.29) is 5.91 Å². The monoisotopic (exact) mass is 357 g/mol. The summed E-state index contributed by atoms with van der Waals surface area (Å²) < 4.78 is 5.26. The van der Waals surface area contributed by atoms with Crippen LogP contribution in [0.15, 0.2) is 48.7 Å². The number of carbonyl (C=O) groups is 1. The number of hydrogen-bond acceptors (Lipinski definition) is 4. The number of rotatable bonds is 5. The number of hydrogen-bond donors (Lipinski definition) is 1. The van der Waals surface area contributed by atoms with E-state index in [4.69, 9.17) is 16.3 Å². The van der Waals surface area contributed by atoms with Crippen LogP contribution in [0.4, 0.5) is 5.82 Å². The average molecular weight is 358 g/mol. The van der Waals surface area contributed by atoms with Crippen LogP contribution in [0.2, 0.25) is 5.02 Å². The van der Waals surface area contributed by atoms with Crippen LogP contribution in [0.1, 0.15) is 15.9 Å². The number of nitrogens with zero attached hydrogens (tertiary/aromatic N) is 2. The molecule has 1 aromatic heterocycles. The van der Waals surface area contributed by atoms with E-state index in [9.17, 15) is 4.79 Å². The number of carbonyl (C=O) groups excluding carboxylic acids is 1. The van der Waals surface area contributed by atoms with Gasteiger partial charge in [-0.1, -0.05) is 54.1 Å². The van der Waals surface area contributed by atoms with E-state index in [1.807, 2.05) is 42.5 Å². The van der Waals surface area contributed by atoms with E-state index >= 15 is 0 Å². The third kappa shape index (κ3) is 4.81. The number of anilines is 1. The maximum absolute atomic E-state index is 12.4. The van der Waals surface area contributed by atoms with Gasteiger partial charge < -0.3 is 15.0 Å². The van der Waals surface area contributed by atoms with Crippen molar-refractivity contribution in [3.8, 4) is 0 Å². The Morgan fingerprint density at radius 3 is 2.76 bits per heavy atom. The molecule has 5 nitrogen and oxygen atoms in total. The number of aromatic nitrogens is 1. The van der Waals surface area contributed by atoms with E-state index in [0.717, 1.165) is 5.56 Å². The van der Waals surface area contributed by atoms with Crippen molar-refractivity contribution in [2.45, 2.75) is 0 Å². The molecule has 1 fully saturated rings. The van der Waals surface area contributed by atoms with Crippen LogP contribution in [-0.2, 0) is 4.74 Å². The first-order chi connectivity index (χ1) is 12.2. The Morgan fingerprint density at radius 1 is 1.28 bits per heavy atom. The number of amides is 1. The molecule has 0 bridgehead atoms. The lowest BCUT2D eigenvalue weighted by atomic mass is 10.2. The van der Waals surface area contributed by atoms with Gasteiger partial charge in [0.25, 0.3) is 5.91 Å². The van der Waals surface area contributed by atoms with Crippen LogP contribution in [0.25, 0.3) is 6.08 Å². The highest BCUT2D eigenvalue weighted by Crippen LogP contribution is 2.21. The number of pyridine rings is 1. The van der Waals surface area contributed by atoms with Gasteiger partial charge in [-0.25, -0.2) is 4.98 Å². The molecule has 2 heterocycles. The molecule has 1 aromatic carbocycles. The van der Waals surface area contributed by atoms with E-state index in [1.165, 1.54) is 0 Å². The first-order valence-electron chi connectivity index (χ1n) is 8.22. The molecule has 130 valence electrons. The minimum absolute atomic E-state index is 0.0618. The molecule has 2 aromatic rings. The van der Waals surface area contributed by atoms with Crippen molar-refractivity contribution in [1.29, 1.82) is 0 Å². The fraction of sp³-hybridized carbons (Fsp3) is 0.263. The van der Waals surface area contributed by atoms with Crippen LogP contribution >= 0.6 is 11.6 Å². The predicted octanol–water partition coefficient (Wildman–Crippen LogP) is 3.33. The second-order valence-corrected chi connectivity index (χ2v) is 6.06. The van der Waals surface area contributed by atoms with Crippen molar-refractivity contribution in [3.05, 3.63) is 64.8 Å². The number of nitrogens with one attached hydrogen (secondary N) is 1. The van der Waals surface area contributed by atoms with Gasteiger partial charge in [0, 0.05) is 25.8 Å². The molecule has 0 aliphatic carbocycles. The van der Waals surface area contributed by atoms with E-state index < -0.39 is 0 Å². The standard InChI is InChI=1S/C19H20ClN3O2/c20-17-13-16(19(24)23-9-11-25-12-10-23)14-22-18(17)21-8-4-7-15-5-2-1-3-6-15/h1-7,13-14H,8-12H2,(H,21,22)/b7-4+. The van der Waals surface area contributed by atoms with Crippen molar-refractivity contribution in [1.82, 2.24) is 9.88 Å². The molecular formula is C19H20ClN3O2. The molecule has 25 heavy (non-hydrogen) atoms. The fourth-order valence-corrected chi connectivity index (χ4v) is 2.78. The molecule has 1 aliphatic rings. The van der Waals surface area contributed by atoms with Gasteiger partial charge in [0.05, 0.1) is 23.8 Å². The Morgan fingerprint density at radius 2 is 2.04 bits per heavy atom. The highest BCUT2D eigenvalue weighted by Gasteiger charge is 2.19. The molecule has 1 N–H and O–H groups in total. The molecule has 0 atom stereocenters. The van der Waals surface area contributed by atoms with Gasteiger partial charge in [0.15, 0.2) is 0 Å². The Labute approximate surface area is 152 Å². The van der Waals surface area contributed by atoms with Crippen LogP contribution in [0.5, 0.6) is 0 Å². The Kier molecular flexibility index (Phi) is 6.04. The number of halogens is 1. The molecule has 6 heteroatoms. The zero-order valence-electron chi connectivity index (χ0n) is 13.8. The fourth-order valence-electron chi connectivity index (χ4n) is 2.55. The molecular weight excluding hydrogens is 338 g/mol. The lowest BCUT2D eigenvalue weighted by Crippen LogP contribution is -2.40. The van der Waals surface area contributed by atoms with Gasteiger partial charge in [-0.2, -0.15) is 0 Å². The molecule has 1 saturated heterocycles. The SMILES string of the molecule is O=C(c1cnc(NC/C=C/c2ccccc2)c(Cl)c1)N1CCOCC1.